The van der Waals surface area contributed by atoms with Gasteiger partial charge in [0.25, 0.3) is 0 Å². The van der Waals surface area contributed by atoms with Crippen LogP contribution in [0.25, 0.3) is 0 Å². The van der Waals surface area contributed by atoms with Gasteiger partial charge < -0.3 is 15.7 Å². The van der Waals surface area contributed by atoms with Crippen LogP contribution in [0.5, 0.6) is 0 Å². The minimum Gasteiger partial charge on any atom is -0.480 e. The number of carboxylic acid groups (broad SMARTS) is 1. The lowest BCUT2D eigenvalue weighted by molar-refractivity contribution is -0.144. The highest BCUT2D eigenvalue weighted by molar-refractivity contribution is 5.86. The predicted octanol–water partition coefficient (Wildman–Crippen LogP) is 0.952. The van der Waals surface area contributed by atoms with Gasteiger partial charge in [0.2, 0.25) is 0 Å². The van der Waals surface area contributed by atoms with E-state index in [1.807, 2.05) is 0 Å². The summed E-state index contributed by atoms with van der Waals surface area (Å²) < 4.78 is 0. The molecule has 0 radical (unpaired) electrons. The summed E-state index contributed by atoms with van der Waals surface area (Å²) in [5.41, 5.74) is -1.19. The van der Waals surface area contributed by atoms with Crippen molar-refractivity contribution in [1.82, 2.24) is 10.6 Å². The molecule has 0 aliphatic heterocycles. The Bertz CT molecular complexity index is 290. The van der Waals surface area contributed by atoms with Crippen molar-refractivity contribution in [2.24, 2.45) is 0 Å². The zero-order chi connectivity index (χ0) is 12.6. The Hall–Kier alpha value is -1.70. The SMILES string of the molecule is C#CCCNC(=O)NC(CC)(CC)C(=O)O. The fraction of sp³-hybridized carbons (Fsp3) is 0.636. The Balaban J connectivity index is 4.36. The Morgan fingerprint density at radius 2 is 1.94 bits per heavy atom. The third-order valence-corrected chi connectivity index (χ3v) is 2.52. The van der Waals surface area contributed by atoms with Crippen LogP contribution in [-0.4, -0.2) is 29.2 Å². The molecule has 3 N–H and O–H groups in total. The van der Waals surface area contributed by atoms with E-state index in [4.69, 9.17) is 11.5 Å². The molecule has 0 bridgehead atoms. The summed E-state index contributed by atoms with van der Waals surface area (Å²) in [5, 5.41) is 14.0. The molecule has 5 nitrogen and oxygen atoms in total. The molecule has 2 amide bonds. The van der Waals surface area contributed by atoms with Crippen LogP contribution in [0.3, 0.4) is 0 Å². The van der Waals surface area contributed by atoms with E-state index in [-0.39, 0.29) is 0 Å². The molecule has 90 valence electrons. The Labute approximate surface area is 95.6 Å². The Morgan fingerprint density at radius 1 is 1.38 bits per heavy atom. The van der Waals surface area contributed by atoms with Crippen LogP contribution in [0, 0.1) is 12.3 Å². The fourth-order valence-corrected chi connectivity index (χ4v) is 1.29. The number of terminal acetylenes is 1. The molecule has 0 aromatic heterocycles. The predicted molar refractivity (Wildman–Crippen MR) is 60.9 cm³/mol. The van der Waals surface area contributed by atoms with Crippen molar-refractivity contribution < 1.29 is 14.7 Å². The monoisotopic (exact) mass is 226 g/mol. The average molecular weight is 226 g/mol. The summed E-state index contributed by atoms with van der Waals surface area (Å²) in [6, 6.07) is -0.499. The number of aliphatic carboxylic acids is 1. The summed E-state index contributed by atoms with van der Waals surface area (Å²) in [6.07, 6.45) is 6.12. The summed E-state index contributed by atoms with van der Waals surface area (Å²) >= 11 is 0. The summed E-state index contributed by atoms with van der Waals surface area (Å²) in [7, 11) is 0. The van der Waals surface area contributed by atoms with Crippen molar-refractivity contribution in [3.8, 4) is 12.3 Å². The lowest BCUT2D eigenvalue weighted by Crippen LogP contribution is -2.56. The van der Waals surface area contributed by atoms with Crippen molar-refractivity contribution in [3.63, 3.8) is 0 Å². The van der Waals surface area contributed by atoms with Crippen LogP contribution in [-0.2, 0) is 4.79 Å². The van der Waals surface area contributed by atoms with E-state index in [1.54, 1.807) is 13.8 Å². The molecule has 16 heavy (non-hydrogen) atoms. The number of carbonyl (C=O) groups excluding carboxylic acids is 1. The van der Waals surface area contributed by atoms with E-state index in [0.29, 0.717) is 25.8 Å². The topological polar surface area (TPSA) is 78.4 Å². The Morgan fingerprint density at radius 3 is 2.31 bits per heavy atom. The second-order valence-electron chi connectivity index (χ2n) is 3.43. The molecule has 0 unspecified atom stereocenters. The summed E-state index contributed by atoms with van der Waals surface area (Å²) in [6.45, 7) is 3.78. The number of urea groups is 1. The second kappa shape index (κ2) is 6.72. The lowest BCUT2D eigenvalue weighted by atomic mass is 9.93. The van der Waals surface area contributed by atoms with Gasteiger partial charge in [0.15, 0.2) is 0 Å². The second-order valence-corrected chi connectivity index (χ2v) is 3.43. The van der Waals surface area contributed by atoms with Gasteiger partial charge in [0.05, 0.1) is 0 Å². The molecule has 0 aliphatic carbocycles. The van der Waals surface area contributed by atoms with E-state index in [9.17, 15) is 9.59 Å². The van der Waals surface area contributed by atoms with Gasteiger partial charge in [0, 0.05) is 13.0 Å². The van der Waals surface area contributed by atoms with Gasteiger partial charge in [-0.2, -0.15) is 0 Å². The van der Waals surface area contributed by atoms with Gasteiger partial charge in [-0.1, -0.05) is 13.8 Å². The molecule has 5 heteroatoms. The first-order valence-electron chi connectivity index (χ1n) is 5.25. The zero-order valence-electron chi connectivity index (χ0n) is 9.67. The third-order valence-electron chi connectivity index (χ3n) is 2.52. The first-order chi connectivity index (χ1) is 7.52. The number of carboxylic acids is 1. The molecule has 0 saturated heterocycles. The van der Waals surface area contributed by atoms with Crippen LogP contribution in [0.15, 0.2) is 0 Å². The first-order valence-corrected chi connectivity index (χ1v) is 5.25. The molecule has 0 rings (SSSR count). The van der Waals surface area contributed by atoms with Gasteiger partial charge in [-0.3, -0.25) is 0 Å². The van der Waals surface area contributed by atoms with Gasteiger partial charge in [-0.15, -0.1) is 12.3 Å². The number of hydrogen-bond acceptors (Lipinski definition) is 2. The van der Waals surface area contributed by atoms with Crippen molar-refractivity contribution >= 4 is 12.0 Å². The maximum atomic E-state index is 11.4. The van der Waals surface area contributed by atoms with Crippen molar-refractivity contribution in [2.45, 2.75) is 38.6 Å². The maximum absolute atomic E-state index is 11.4. The standard InChI is InChI=1S/C11H18N2O3/c1-4-7-8-12-10(16)13-11(5-2,6-3)9(14)15/h1H,5-8H2,2-3H3,(H,14,15)(H2,12,13,16). The zero-order valence-corrected chi connectivity index (χ0v) is 9.67. The van der Waals surface area contributed by atoms with E-state index < -0.39 is 17.5 Å². The number of amides is 2. The molecule has 0 heterocycles. The minimum absolute atomic E-state index is 0.335. The van der Waals surface area contributed by atoms with E-state index in [0.717, 1.165) is 0 Å². The first kappa shape index (κ1) is 14.3. The summed E-state index contributed by atoms with van der Waals surface area (Å²) in [4.78, 5) is 22.5. The van der Waals surface area contributed by atoms with Crippen molar-refractivity contribution in [1.29, 1.82) is 0 Å². The van der Waals surface area contributed by atoms with Gasteiger partial charge in [0.1, 0.15) is 5.54 Å². The molecule has 0 fully saturated rings. The molecule has 0 aromatic rings. The van der Waals surface area contributed by atoms with Crippen LogP contribution >= 0.6 is 0 Å². The smallest absolute Gasteiger partial charge is 0.329 e. The van der Waals surface area contributed by atoms with E-state index in [2.05, 4.69) is 16.6 Å². The molecule has 0 saturated carbocycles. The molecule has 0 aromatic carbocycles. The number of hydrogen-bond donors (Lipinski definition) is 3. The summed E-state index contributed by atoms with van der Waals surface area (Å²) in [5.74, 6) is 1.35. The van der Waals surface area contributed by atoms with Crippen molar-refractivity contribution in [2.75, 3.05) is 6.54 Å². The molecule has 0 spiro atoms. The molecular formula is C11H18N2O3. The van der Waals surface area contributed by atoms with E-state index >= 15 is 0 Å². The van der Waals surface area contributed by atoms with Crippen LogP contribution in [0.4, 0.5) is 4.79 Å². The van der Waals surface area contributed by atoms with Gasteiger partial charge >= 0.3 is 12.0 Å². The van der Waals surface area contributed by atoms with E-state index in [1.165, 1.54) is 0 Å². The number of carbonyl (C=O) groups is 2. The van der Waals surface area contributed by atoms with Crippen LogP contribution in [0.2, 0.25) is 0 Å². The maximum Gasteiger partial charge on any atom is 0.329 e. The lowest BCUT2D eigenvalue weighted by Gasteiger charge is -2.27. The molecule has 0 aliphatic rings. The average Bonchev–Trinajstić information content (AvgIpc) is 2.26. The normalized spacial score (nSPS) is 10.3. The molecule has 0 atom stereocenters. The minimum atomic E-state index is -1.19. The van der Waals surface area contributed by atoms with Crippen molar-refractivity contribution in [3.05, 3.63) is 0 Å². The quantitative estimate of drug-likeness (QED) is 0.466. The van der Waals surface area contributed by atoms with Crippen LogP contribution < -0.4 is 10.6 Å². The number of rotatable bonds is 6. The number of nitrogens with one attached hydrogen (secondary N) is 2. The Kier molecular flexibility index (Phi) is 6.01. The molecular weight excluding hydrogens is 208 g/mol. The van der Waals surface area contributed by atoms with Crippen LogP contribution in [0.1, 0.15) is 33.1 Å². The highest BCUT2D eigenvalue weighted by atomic mass is 16.4. The highest BCUT2D eigenvalue weighted by Gasteiger charge is 2.36. The van der Waals surface area contributed by atoms with Gasteiger partial charge in [-0.25, -0.2) is 9.59 Å². The van der Waals surface area contributed by atoms with Gasteiger partial charge in [-0.05, 0) is 12.8 Å². The third kappa shape index (κ3) is 3.81. The highest BCUT2D eigenvalue weighted by Crippen LogP contribution is 2.14. The largest absolute Gasteiger partial charge is 0.480 e. The fourth-order valence-electron chi connectivity index (χ4n) is 1.29.